The molecule has 0 amide bonds. The van der Waals surface area contributed by atoms with Crippen LogP contribution in [0.3, 0.4) is 0 Å². The van der Waals surface area contributed by atoms with E-state index >= 15 is 0 Å². The highest BCUT2D eigenvalue weighted by Crippen LogP contribution is 2.42. The molecule has 128 valence electrons. The summed E-state index contributed by atoms with van der Waals surface area (Å²) in [6.07, 6.45) is 5.79. The third-order valence-corrected chi connectivity index (χ3v) is 4.62. The zero-order chi connectivity index (χ0) is 17.2. The van der Waals surface area contributed by atoms with Crippen molar-refractivity contribution in [1.29, 1.82) is 5.26 Å². The van der Waals surface area contributed by atoms with Crippen LogP contribution in [0.15, 0.2) is 23.2 Å². The number of nitrogens with one attached hydrogen (secondary N) is 2. The molecular weight excluding hydrogens is 308 g/mol. The van der Waals surface area contributed by atoms with Crippen LogP contribution >= 0.6 is 0 Å². The van der Waals surface area contributed by atoms with Crippen molar-refractivity contribution in [2.45, 2.75) is 38.8 Å². The van der Waals surface area contributed by atoms with E-state index in [-0.39, 0.29) is 19.0 Å². The van der Waals surface area contributed by atoms with Gasteiger partial charge in [0.25, 0.3) is 0 Å². The first-order valence-corrected chi connectivity index (χ1v) is 7.84. The first-order valence-electron chi connectivity index (χ1n) is 7.84. The lowest BCUT2D eigenvalue weighted by molar-refractivity contribution is -0.0511. The fraction of sp³-hybridized carbons (Fsp3) is 0.500. The van der Waals surface area contributed by atoms with Crippen LogP contribution in [0, 0.1) is 16.7 Å². The summed E-state index contributed by atoms with van der Waals surface area (Å²) in [5.41, 5.74) is 1.12. The molecule has 2 aromatic heterocycles. The molecule has 0 aromatic carbocycles. The Kier molecular flexibility index (Phi) is 4.36. The van der Waals surface area contributed by atoms with E-state index < -0.39 is 0 Å². The maximum absolute atomic E-state index is 9.85. The molecule has 8 heteroatoms. The van der Waals surface area contributed by atoms with Gasteiger partial charge in [0.05, 0.1) is 18.5 Å². The van der Waals surface area contributed by atoms with E-state index in [1.54, 1.807) is 12.5 Å². The van der Waals surface area contributed by atoms with E-state index in [9.17, 15) is 10.4 Å². The van der Waals surface area contributed by atoms with Gasteiger partial charge in [-0.15, -0.1) is 0 Å². The molecule has 0 radical (unpaired) electrons. The summed E-state index contributed by atoms with van der Waals surface area (Å²) in [4.78, 5) is 8.56. The minimum Gasteiger partial charge on any atom is -0.392 e. The van der Waals surface area contributed by atoms with Gasteiger partial charge in [0, 0.05) is 25.0 Å². The Morgan fingerprint density at radius 3 is 2.96 bits per heavy atom. The predicted molar refractivity (Wildman–Crippen MR) is 89.4 cm³/mol. The van der Waals surface area contributed by atoms with Crippen molar-refractivity contribution in [3.63, 3.8) is 0 Å². The van der Waals surface area contributed by atoms with E-state index in [4.69, 9.17) is 4.52 Å². The van der Waals surface area contributed by atoms with Gasteiger partial charge in [0.15, 0.2) is 0 Å². The summed E-state index contributed by atoms with van der Waals surface area (Å²) in [5.74, 6) is 0.940. The Labute approximate surface area is 141 Å². The van der Waals surface area contributed by atoms with Gasteiger partial charge >= 0.3 is 0 Å². The van der Waals surface area contributed by atoms with E-state index in [1.165, 1.54) is 6.20 Å². The van der Waals surface area contributed by atoms with Gasteiger partial charge in [-0.25, -0.2) is 4.98 Å². The number of aliphatic hydroxyl groups excluding tert-OH is 1. The third kappa shape index (κ3) is 3.16. The van der Waals surface area contributed by atoms with Crippen LogP contribution < -0.4 is 10.6 Å². The van der Waals surface area contributed by atoms with Gasteiger partial charge in [0.2, 0.25) is 5.95 Å². The topological polar surface area (TPSA) is 120 Å². The molecule has 0 aliphatic heterocycles. The number of hydrogen-bond donors (Lipinski definition) is 3. The number of hydrogen-bond acceptors (Lipinski definition) is 8. The minimum absolute atomic E-state index is 0. The van der Waals surface area contributed by atoms with Crippen molar-refractivity contribution < 1.29 is 11.1 Å². The van der Waals surface area contributed by atoms with E-state index in [0.29, 0.717) is 30.3 Å². The zero-order valence-corrected chi connectivity index (χ0v) is 13.7. The van der Waals surface area contributed by atoms with Crippen molar-refractivity contribution in [2.24, 2.45) is 5.41 Å². The van der Waals surface area contributed by atoms with Gasteiger partial charge in [-0.2, -0.15) is 10.2 Å². The molecule has 0 saturated heterocycles. The molecule has 2 aromatic rings. The molecule has 0 spiro atoms. The van der Waals surface area contributed by atoms with E-state index in [1.807, 2.05) is 13.8 Å². The fourth-order valence-corrected chi connectivity index (χ4v) is 2.64. The number of aliphatic hydroxyl groups is 1. The van der Waals surface area contributed by atoms with Crippen LogP contribution in [-0.4, -0.2) is 38.9 Å². The van der Waals surface area contributed by atoms with Crippen LogP contribution in [0.2, 0.25) is 0 Å². The Morgan fingerprint density at radius 2 is 2.33 bits per heavy atom. The maximum Gasteiger partial charge on any atom is 0.224 e. The predicted octanol–water partition coefficient (Wildman–Crippen LogP) is 1.81. The Balaban J connectivity index is 0.00000225. The molecule has 8 nitrogen and oxygen atoms in total. The Hall–Kier alpha value is -2.66. The molecule has 24 heavy (non-hydrogen) atoms. The number of nitrogens with zero attached hydrogens (tertiary/aromatic N) is 4. The second-order valence-electron chi connectivity index (χ2n) is 6.55. The monoisotopic (exact) mass is 330 g/mol. The lowest BCUT2D eigenvalue weighted by atomic mass is 9.64. The quantitative estimate of drug-likeness (QED) is 0.733. The summed E-state index contributed by atoms with van der Waals surface area (Å²) in [5, 5.41) is 29.1. The summed E-state index contributed by atoms with van der Waals surface area (Å²) in [7, 11) is 0. The number of anilines is 2. The summed E-state index contributed by atoms with van der Waals surface area (Å²) < 4.78 is 4.78. The Morgan fingerprint density at radius 1 is 1.50 bits per heavy atom. The average Bonchev–Trinajstić information content (AvgIpc) is 3.08. The second-order valence-corrected chi connectivity index (χ2v) is 6.55. The minimum atomic E-state index is -0.344. The summed E-state index contributed by atoms with van der Waals surface area (Å²) >= 11 is 0. The largest absolute Gasteiger partial charge is 0.392 e. The molecule has 1 fully saturated rings. The van der Waals surface area contributed by atoms with Crippen LogP contribution in [-0.2, 0) is 6.42 Å². The first kappa shape index (κ1) is 16.2. The van der Waals surface area contributed by atoms with Crippen LogP contribution in [0.5, 0.6) is 0 Å². The lowest BCUT2D eigenvalue weighted by Gasteiger charge is -2.49. The third-order valence-electron chi connectivity index (χ3n) is 4.62. The highest BCUT2D eigenvalue weighted by molar-refractivity contribution is 5.54. The van der Waals surface area contributed by atoms with Crippen molar-refractivity contribution >= 4 is 11.8 Å². The van der Waals surface area contributed by atoms with Crippen LogP contribution in [0.25, 0.3) is 0 Å². The SMILES string of the molecule is CC1(C)[C@@H](O)C[C@H]1Nc1nc(NCCc2cnoc2)ncc1C#N.[HH]. The van der Waals surface area contributed by atoms with Gasteiger partial charge in [0.1, 0.15) is 23.7 Å². The van der Waals surface area contributed by atoms with Gasteiger partial charge in [-0.3, -0.25) is 0 Å². The smallest absolute Gasteiger partial charge is 0.224 e. The molecule has 0 bridgehead atoms. The lowest BCUT2D eigenvalue weighted by Crippen LogP contribution is -2.57. The van der Waals surface area contributed by atoms with Crippen LogP contribution in [0.4, 0.5) is 11.8 Å². The average molecular weight is 330 g/mol. The molecule has 2 atom stereocenters. The molecule has 3 N–H and O–H groups in total. The summed E-state index contributed by atoms with van der Waals surface area (Å²) in [6, 6.07) is 2.16. The molecule has 1 aliphatic rings. The Bertz CT molecular complexity index is 744. The van der Waals surface area contributed by atoms with Crippen molar-refractivity contribution in [2.75, 3.05) is 17.2 Å². The normalized spacial score (nSPS) is 21.6. The van der Waals surface area contributed by atoms with Gasteiger partial charge in [-0.1, -0.05) is 19.0 Å². The van der Waals surface area contributed by atoms with Gasteiger partial charge in [-0.05, 0) is 12.8 Å². The molecule has 2 heterocycles. The van der Waals surface area contributed by atoms with E-state index in [0.717, 1.165) is 12.0 Å². The van der Waals surface area contributed by atoms with Gasteiger partial charge < -0.3 is 20.3 Å². The van der Waals surface area contributed by atoms with Crippen molar-refractivity contribution in [1.82, 2.24) is 15.1 Å². The first-order chi connectivity index (χ1) is 11.5. The molecule has 1 saturated carbocycles. The number of aromatic nitrogens is 3. The molecule has 1 aliphatic carbocycles. The van der Waals surface area contributed by atoms with Crippen LogP contribution in [0.1, 0.15) is 32.8 Å². The fourth-order valence-electron chi connectivity index (χ4n) is 2.64. The standard InChI is InChI=1S/C16H20N6O2.H2/c1-16(2)12(5-13(16)23)21-14-11(6-17)8-19-15(22-14)18-4-3-10-7-20-24-9-10;/h7-9,12-13,23H,3-5H2,1-2H3,(H2,18,19,21,22);1H/t12-,13+;/m1./s1. The number of nitriles is 1. The highest BCUT2D eigenvalue weighted by atomic mass is 16.5. The van der Waals surface area contributed by atoms with E-state index in [2.05, 4.69) is 31.8 Å². The summed E-state index contributed by atoms with van der Waals surface area (Å²) in [6.45, 7) is 4.61. The zero-order valence-electron chi connectivity index (χ0n) is 13.7. The van der Waals surface area contributed by atoms with Crippen molar-refractivity contribution in [3.8, 4) is 6.07 Å². The molecule has 0 unspecified atom stereocenters. The second kappa shape index (κ2) is 6.45. The molecular formula is C16H22N6O2. The highest BCUT2D eigenvalue weighted by Gasteiger charge is 2.47. The maximum atomic E-state index is 9.85. The molecule has 3 rings (SSSR count). The van der Waals surface area contributed by atoms with Crippen molar-refractivity contribution in [3.05, 3.63) is 29.8 Å². The number of rotatable bonds is 6.